The van der Waals surface area contributed by atoms with E-state index >= 15 is 0 Å². The number of ether oxygens (including phenoxy) is 1. The van der Waals surface area contributed by atoms with Crippen LogP contribution in [0.15, 0.2) is 24.3 Å². The molecule has 0 aliphatic rings. The number of hydrogen-bond acceptors (Lipinski definition) is 5. The van der Waals surface area contributed by atoms with Gasteiger partial charge in [-0.05, 0) is 37.1 Å². The highest BCUT2D eigenvalue weighted by Crippen LogP contribution is 2.38. The third-order valence-electron chi connectivity index (χ3n) is 2.59. The number of nitro groups is 1. The number of aromatic carboxylic acids is 1. The van der Waals surface area contributed by atoms with Crippen LogP contribution < -0.4 is 4.74 Å². The van der Waals surface area contributed by atoms with Gasteiger partial charge in [-0.2, -0.15) is 0 Å². The molecule has 1 aromatic carbocycles. The quantitative estimate of drug-likeness (QED) is 0.684. The van der Waals surface area contributed by atoms with Gasteiger partial charge in [0.25, 0.3) is 0 Å². The molecular weight excluding hydrogens is 282 g/mol. The standard InChI is InChI=1S/C13H11NO5S/c1-7-5-8(2)12(9(6-7)14(17)18)19-11-4-3-10(20-11)13(15)16/h3-6H,1-2H3,(H,15,16). The summed E-state index contributed by atoms with van der Waals surface area (Å²) in [7, 11) is 0. The summed E-state index contributed by atoms with van der Waals surface area (Å²) < 4.78 is 5.50. The van der Waals surface area contributed by atoms with E-state index in [9.17, 15) is 14.9 Å². The molecule has 6 nitrogen and oxygen atoms in total. The molecule has 0 aliphatic heterocycles. The van der Waals surface area contributed by atoms with E-state index in [2.05, 4.69) is 0 Å². The first-order chi connectivity index (χ1) is 9.38. The van der Waals surface area contributed by atoms with Crippen LogP contribution >= 0.6 is 11.3 Å². The largest absolute Gasteiger partial charge is 0.477 e. The molecule has 0 saturated carbocycles. The molecular formula is C13H11NO5S. The Morgan fingerprint density at radius 1 is 1.35 bits per heavy atom. The number of carboxylic acids is 1. The van der Waals surface area contributed by atoms with Gasteiger partial charge in [0, 0.05) is 6.07 Å². The predicted molar refractivity (Wildman–Crippen MR) is 73.9 cm³/mol. The predicted octanol–water partition coefficient (Wildman–Crippen LogP) is 3.76. The van der Waals surface area contributed by atoms with Crippen LogP contribution in [0.4, 0.5) is 5.69 Å². The van der Waals surface area contributed by atoms with Crippen molar-refractivity contribution in [3.05, 3.63) is 50.4 Å². The minimum Gasteiger partial charge on any atom is -0.477 e. The van der Waals surface area contributed by atoms with Crippen LogP contribution in [0.2, 0.25) is 0 Å². The topological polar surface area (TPSA) is 89.7 Å². The summed E-state index contributed by atoms with van der Waals surface area (Å²) in [5.74, 6) is -0.917. The van der Waals surface area contributed by atoms with E-state index in [1.165, 1.54) is 18.2 Å². The van der Waals surface area contributed by atoms with Crippen molar-refractivity contribution in [2.24, 2.45) is 0 Å². The molecule has 0 fully saturated rings. The summed E-state index contributed by atoms with van der Waals surface area (Å²) >= 11 is 0.925. The highest BCUT2D eigenvalue weighted by molar-refractivity contribution is 7.15. The van der Waals surface area contributed by atoms with Crippen molar-refractivity contribution in [3.8, 4) is 10.8 Å². The molecule has 1 aromatic heterocycles. The first-order valence-corrected chi connectivity index (χ1v) is 6.46. The van der Waals surface area contributed by atoms with E-state index in [4.69, 9.17) is 9.84 Å². The molecule has 0 saturated heterocycles. The van der Waals surface area contributed by atoms with E-state index in [1.54, 1.807) is 19.9 Å². The van der Waals surface area contributed by atoms with Gasteiger partial charge in [0.15, 0.2) is 5.06 Å². The minimum absolute atomic E-state index is 0.118. The summed E-state index contributed by atoms with van der Waals surface area (Å²) in [5.41, 5.74) is 1.26. The maximum absolute atomic E-state index is 11.1. The van der Waals surface area contributed by atoms with Crippen LogP contribution in [0.3, 0.4) is 0 Å². The lowest BCUT2D eigenvalue weighted by Gasteiger charge is -2.08. The average Bonchev–Trinajstić information content (AvgIpc) is 2.80. The first kappa shape index (κ1) is 14.0. The first-order valence-electron chi connectivity index (χ1n) is 5.65. The Balaban J connectivity index is 2.41. The summed E-state index contributed by atoms with van der Waals surface area (Å²) in [4.78, 5) is 21.5. The van der Waals surface area contributed by atoms with E-state index in [0.29, 0.717) is 10.6 Å². The zero-order chi connectivity index (χ0) is 14.9. The second-order valence-electron chi connectivity index (χ2n) is 4.21. The second kappa shape index (κ2) is 5.30. The molecule has 0 bridgehead atoms. The van der Waals surface area contributed by atoms with Crippen molar-refractivity contribution in [2.45, 2.75) is 13.8 Å². The number of carboxylic acid groups (broad SMARTS) is 1. The smallest absolute Gasteiger partial charge is 0.345 e. The number of aryl methyl sites for hydroxylation is 2. The number of carbonyl (C=O) groups is 1. The van der Waals surface area contributed by atoms with Gasteiger partial charge in [0.05, 0.1) is 4.92 Å². The highest BCUT2D eigenvalue weighted by Gasteiger charge is 2.20. The Morgan fingerprint density at radius 2 is 2.05 bits per heavy atom. The van der Waals surface area contributed by atoms with Gasteiger partial charge in [-0.15, -0.1) is 0 Å². The number of nitrogens with zero attached hydrogens (tertiary/aromatic N) is 1. The molecule has 1 heterocycles. The number of thiophene rings is 1. The Kier molecular flexibility index (Phi) is 3.71. The van der Waals surface area contributed by atoms with E-state index in [-0.39, 0.29) is 16.3 Å². The van der Waals surface area contributed by atoms with Gasteiger partial charge in [0.1, 0.15) is 4.88 Å². The maximum Gasteiger partial charge on any atom is 0.345 e. The molecule has 0 spiro atoms. The molecule has 104 valence electrons. The van der Waals surface area contributed by atoms with Crippen molar-refractivity contribution in [1.82, 2.24) is 0 Å². The second-order valence-corrected chi connectivity index (χ2v) is 5.26. The molecule has 0 amide bonds. The van der Waals surface area contributed by atoms with Crippen LogP contribution in [0.25, 0.3) is 0 Å². The summed E-state index contributed by atoms with van der Waals surface area (Å²) in [5, 5.41) is 20.2. The van der Waals surface area contributed by atoms with Crippen LogP contribution in [0.5, 0.6) is 10.8 Å². The van der Waals surface area contributed by atoms with Crippen molar-refractivity contribution >= 4 is 23.0 Å². The Bertz CT molecular complexity index is 692. The lowest BCUT2D eigenvalue weighted by atomic mass is 10.1. The fraction of sp³-hybridized carbons (Fsp3) is 0.154. The van der Waals surface area contributed by atoms with Crippen LogP contribution in [0, 0.1) is 24.0 Å². The van der Waals surface area contributed by atoms with Gasteiger partial charge in [-0.25, -0.2) is 4.79 Å². The summed E-state index contributed by atoms with van der Waals surface area (Å²) in [6.45, 7) is 3.47. The third kappa shape index (κ3) is 2.77. The van der Waals surface area contributed by atoms with Gasteiger partial charge in [-0.3, -0.25) is 10.1 Å². The fourth-order valence-corrected chi connectivity index (χ4v) is 2.49. The maximum atomic E-state index is 11.1. The SMILES string of the molecule is Cc1cc(C)c(Oc2ccc(C(=O)O)s2)c([N+](=O)[O-])c1. The van der Waals surface area contributed by atoms with E-state index < -0.39 is 10.9 Å². The van der Waals surface area contributed by atoms with Crippen molar-refractivity contribution in [1.29, 1.82) is 0 Å². The molecule has 2 aromatic rings. The van der Waals surface area contributed by atoms with Gasteiger partial charge < -0.3 is 9.84 Å². The van der Waals surface area contributed by atoms with Crippen molar-refractivity contribution in [2.75, 3.05) is 0 Å². The lowest BCUT2D eigenvalue weighted by Crippen LogP contribution is -1.96. The van der Waals surface area contributed by atoms with Crippen molar-refractivity contribution in [3.63, 3.8) is 0 Å². The molecule has 0 radical (unpaired) electrons. The number of nitro benzene ring substituents is 1. The summed E-state index contributed by atoms with van der Waals surface area (Å²) in [6, 6.07) is 6.08. The monoisotopic (exact) mass is 293 g/mol. The number of hydrogen-bond donors (Lipinski definition) is 1. The molecule has 0 aliphatic carbocycles. The number of rotatable bonds is 4. The Labute approximate surface area is 118 Å². The molecule has 0 atom stereocenters. The normalized spacial score (nSPS) is 10.3. The van der Waals surface area contributed by atoms with Crippen LogP contribution in [0.1, 0.15) is 20.8 Å². The summed E-state index contributed by atoms with van der Waals surface area (Å²) in [6.07, 6.45) is 0. The fourth-order valence-electron chi connectivity index (χ4n) is 1.79. The van der Waals surface area contributed by atoms with Crippen molar-refractivity contribution < 1.29 is 19.6 Å². The van der Waals surface area contributed by atoms with Gasteiger partial charge >= 0.3 is 11.7 Å². The van der Waals surface area contributed by atoms with E-state index in [0.717, 1.165) is 16.9 Å². The van der Waals surface area contributed by atoms with Crippen LogP contribution in [-0.4, -0.2) is 16.0 Å². The zero-order valence-corrected chi connectivity index (χ0v) is 11.6. The molecule has 20 heavy (non-hydrogen) atoms. The number of benzene rings is 1. The average molecular weight is 293 g/mol. The Morgan fingerprint density at radius 3 is 2.60 bits per heavy atom. The Hall–Kier alpha value is -2.41. The molecule has 0 unspecified atom stereocenters. The molecule has 2 rings (SSSR count). The van der Waals surface area contributed by atoms with Crippen LogP contribution in [-0.2, 0) is 0 Å². The zero-order valence-electron chi connectivity index (χ0n) is 10.7. The minimum atomic E-state index is -1.06. The third-order valence-corrected chi connectivity index (χ3v) is 3.54. The highest BCUT2D eigenvalue weighted by atomic mass is 32.1. The van der Waals surface area contributed by atoms with Gasteiger partial charge in [0.2, 0.25) is 5.75 Å². The molecule has 7 heteroatoms. The van der Waals surface area contributed by atoms with Gasteiger partial charge in [-0.1, -0.05) is 17.4 Å². The van der Waals surface area contributed by atoms with E-state index in [1.807, 2.05) is 0 Å². The molecule has 1 N–H and O–H groups in total. The lowest BCUT2D eigenvalue weighted by molar-refractivity contribution is -0.385.